The second-order valence-electron chi connectivity index (χ2n) is 7.78. The quantitative estimate of drug-likeness (QED) is 0.589. The van der Waals surface area contributed by atoms with Crippen LogP contribution in [0.3, 0.4) is 0 Å². The molecular weight excluding hydrogens is 356 g/mol. The van der Waals surface area contributed by atoms with Gasteiger partial charge in [-0.25, -0.2) is 4.99 Å². The van der Waals surface area contributed by atoms with Crippen molar-refractivity contribution in [2.45, 2.75) is 38.9 Å². The number of aliphatic imine (C=N–C) groups is 1. The average molecular weight is 385 g/mol. The Morgan fingerprint density at radius 1 is 1.30 bits per heavy atom. The molecule has 1 amide bonds. The van der Waals surface area contributed by atoms with Gasteiger partial charge >= 0.3 is 0 Å². The monoisotopic (exact) mass is 384 g/mol. The highest BCUT2D eigenvalue weighted by molar-refractivity contribution is 8.15. The van der Waals surface area contributed by atoms with E-state index >= 15 is 0 Å². The molecule has 27 heavy (non-hydrogen) atoms. The summed E-state index contributed by atoms with van der Waals surface area (Å²) < 4.78 is -0.253. The van der Waals surface area contributed by atoms with E-state index in [-0.39, 0.29) is 10.7 Å². The Bertz CT molecular complexity index is 856. The third kappa shape index (κ3) is 4.63. The molecule has 0 spiro atoms. The number of aromatic nitrogens is 1. The van der Waals surface area contributed by atoms with Crippen LogP contribution in [0.5, 0.6) is 0 Å². The van der Waals surface area contributed by atoms with Gasteiger partial charge in [-0.1, -0.05) is 77.4 Å². The Hall–Kier alpha value is -2.47. The largest absolute Gasteiger partial charge is 0.369 e. The Morgan fingerprint density at radius 2 is 1.96 bits per heavy atom. The van der Waals surface area contributed by atoms with Crippen molar-refractivity contribution in [2.24, 2.45) is 16.1 Å². The first-order valence-corrected chi connectivity index (χ1v) is 9.54. The maximum Gasteiger partial charge on any atom is 0.223 e. The molecular formula is C21H28N4OS. The van der Waals surface area contributed by atoms with Gasteiger partial charge in [0.05, 0.1) is 11.4 Å². The number of carbonyl (C=O) groups is 1. The van der Waals surface area contributed by atoms with E-state index in [2.05, 4.69) is 43.9 Å². The highest BCUT2D eigenvalue weighted by Gasteiger charge is 2.35. The Labute approximate surface area is 165 Å². The van der Waals surface area contributed by atoms with E-state index in [1.807, 2.05) is 26.0 Å². The lowest BCUT2D eigenvalue weighted by Crippen LogP contribution is -2.38. The van der Waals surface area contributed by atoms with Crippen LogP contribution in [0, 0.1) is 5.41 Å². The number of amidine groups is 1. The van der Waals surface area contributed by atoms with Gasteiger partial charge in [-0.2, -0.15) is 0 Å². The van der Waals surface area contributed by atoms with Gasteiger partial charge < -0.3 is 16.0 Å². The lowest BCUT2D eigenvalue weighted by Gasteiger charge is -2.33. The van der Waals surface area contributed by atoms with E-state index in [1.165, 1.54) is 0 Å². The predicted molar refractivity (Wildman–Crippen MR) is 119 cm³/mol. The molecule has 0 aliphatic carbocycles. The van der Waals surface area contributed by atoms with Gasteiger partial charge in [-0.05, 0) is 12.5 Å². The van der Waals surface area contributed by atoms with E-state index in [9.17, 15) is 4.79 Å². The number of nitrogens with zero attached hydrogens (tertiary/aromatic N) is 1. The molecule has 0 atom stereocenters. The summed E-state index contributed by atoms with van der Waals surface area (Å²) in [6.45, 7) is 19.6. The highest BCUT2D eigenvalue weighted by atomic mass is 32.2. The van der Waals surface area contributed by atoms with Crippen LogP contribution in [-0.2, 0) is 4.79 Å². The maximum absolute atomic E-state index is 11.7. The van der Waals surface area contributed by atoms with Crippen LogP contribution >= 0.6 is 11.8 Å². The molecule has 144 valence electrons. The smallest absolute Gasteiger partial charge is 0.223 e. The van der Waals surface area contributed by atoms with Crippen LogP contribution in [0.4, 0.5) is 5.69 Å². The van der Waals surface area contributed by atoms with Crippen LogP contribution in [0.15, 0.2) is 36.9 Å². The number of aromatic amines is 1. The number of amides is 1. The normalized spacial score (nSPS) is 14.5. The van der Waals surface area contributed by atoms with Gasteiger partial charge in [-0.15, -0.1) is 0 Å². The van der Waals surface area contributed by atoms with Crippen LogP contribution in [0.1, 0.15) is 51.1 Å². The molecule has 2 rings (SSSR count). The van der Waals surface area contributed by atoms with Gasteiger partial charge in [0, 0.05) is 21.4 Å². The molecule has 1 aromatic rings. The molecule has 0 saturated carbocycles. The summed E-state index contributed by atoms with van der Waals surface area (Å²) in [5.74, 6) is -0.306. The van der Waals surface area contributed by atoms with Gasteiger partial charge in [0.2, 0.25) is 5.91 Å². The zero-order chi connectivity index (χ0) is 20.4. The van der Waals surface area contributed by atoms with Crippen LogP contribution in [0.2, 0.25) is 0 Å². The number of hydrogen-bond donors (Lipinski definition) is 3. The fourth-order valence-corrected chi connectivity index (χ4v) is 4.44. The summed E-state index contributed by atoms with van der Waals surface area (Å²) in [4.78, 5) is 19.8. The second kappa shape index (κ2) is 7.64. The molecule has 1 aliphatic rings. The molecule has 1 aromatic heterocycles. The predicted octanol–water partition coefficient (Wildman–Crippen LogP) is 4.83. The van der Waals surface area contributed by atoms with Crippen molar-refractivity contribution >= 4 is 46.4 Å². The van der Waals surface area contributed by atoms with Crippen molar-refractivity contribution in [3.8, 4) is 0 Å². The zero-order valence-electron chi connectivity index (χ0n) is 16.5. The topological polar surface area (TPSA) is 83.3 Å². The lowest BCUT2D eigenvalue weighted by molar-refractivity contribution is -0.126. The molecule has 1 aliphatic heterocycles. The molecule has 0 fully saturated rings. The van der Waals surface area contributed by atoms with Crippen molar-refractivity contribution in [3.05, 3.63) is 48.8 Å². The minimum atomic E-state index is -0.601. The van der Waals surface area contributed by atoms with Crippen molar-refractivity contribution < 1.29 is 4.79 Å². The van der Waals surface area contributed by atoms with E-state index < -0.39 is 5.41 Å². The standard InChI is InChI=1S/C21H28N4OS/c1-8-10-11-14-15(9-2)24-16-13(3)23-19(25-17(14)16)27-21(6,7)12-20(4,5)18(22)26/h8-11,24H,1-3,12H2,4-7H3,(H2,22,26)(H,23,25)/b11-10-. The summed E-state index contributed by atoms with van der Waals surface area (Å²) in [5.41, 5.74) is 9.17. The molecule has 6 heteroatoms. The Kier molecular flexibility index (Phi) is 5.90. The van der Waals surface area contributed by atoms with Crippen LogP contribution in [0.25, 0.3) is 17.8 Å². The average Bonchev–Trinajstić information content (AvgIpc) is 2.89. The van der Waals surface area contributed by atoms with Gasteiger partial charge in [0.15, 0.2) is 5.17 Å². The number of nitrogens with one attached hydrogen (secondary N) is 2. The van der Waals surface area contributed by atoms with E-state index in [0.29, 0.717) is 6.42 Å². The second-order valence-corrected chi connectivity index (χ2v) is 9.48. The van der Waals surface area contributed by atoms with E-state index in [1.54, 1.807) is 23.9 Å². The third-order valence-electron chi connectivity index (χ3n) is 4.33. The summed E-state index contributed by atoms with van der Waals surface area (Å²) in [6, 6.07) is 0. The Morgan fingerprint density at radius 3 is 2.52 bits per heavy atom. The fraction of sp³-hybridized carbons (Fsp3) is 0.333. The SMILES string of the molecule is C=C/C=C\c1c(C=C)[nH]c2c1N=C(SC(C)(C)CC(C)(C)C(N)=O)NC2=C. The third-order valence-corrected chi connectivity index (χ3v) is 5.41. The number of hydrogen-bond acceptors (Lipinski definition) is 4. The number of fused-ring (bicyclic) bond motifs is 1. The molecule has 0 aromatic carbocycles. The molecule has 2 heterocycles. The maximum atomic E-state index is 11.7. The highest BCUT2D eigenvalue weighted by Crippen LogP contribution is 2.41. The minimum Gasteiger partial charge on any atom is -0.369 e. The molecule has 0 bridgehead atoms. The summed E-state index contributed by atoms with van der Waals surface area (Å²) >= 11 is 1.57. The summed E-state index contributed by atoms with van der Waals surface area (Å²) in [7, 11) is 0. The number of H-pyrrole nitrogens is 1. The number of thioether (sulfide) groups is 1. The number of rotatable bonds is 7. The molecule has 0 radical (unpaired) electrons. The van der Waals surface area contributed by atoms with E-state index in [4.69, 9.17) is 10.7 Å². The van der Waals surface area contributed by atoms with Crippen molar-refractivity contribution in [1.82, 2.24) is 10.3 Å². The van der Waals surface area contributed by atoms with Crippen molar-refractivity contribution in [3.63, 3.8) is 0 Å². The molecule has 0 saturated heterocycles. The minimum absolute atomic E-state index is 0.253. The fourth-order valence-electron chi connectivity index (χ4n) is 3.17. The van der Waals surface area contributed by atoms with E-state index in [0.717, 1.165) is 33.5 Å². The first-order valence-electron chi connectivity index (χ1n) is 8.72. The number of primary amides is 1. The molecule has 5 nitrogen and oxygen atoms in total. The van der Waals surface area contributed by atoms with Crippen LogP contribution in [-0.4, -0.2) is 20.8 Å². The zero-order valence-corrected chi connectivity index (χ0v) is 17.3. The van der Waals surface area contributed by atoms with Crippen LogP contribution < -0.4 is 11.1 Å². The van der Waals surface area contributed by atoms with Gasteiger partial charge in [-0.3, -0.25) is 4.79 Å². The first kappa shape index (κ1) is 20.8. The van der Waals surface area contributed by atoms with Crippen molar-refractivity contribution in [1.29, 1.82) is 0 Å². The van der Waals surface area contributed by atoms with Crippen molar-refractivity contribution in [2.75, 3.05) is 0 Å². The van der Waals surface area contributed by atoms with Gasteiger partial charge in [0.25, 0.3) is 0 Å². The lowest BCUT2D eigenvalue weighted by atomic mass is 9.83. The first-order chi connectivity index (χ1) is 12.5. The number of allylic oxidation sites excluding steroid dienone is 2. The molecule has 4 N–H and O–H groups in total. The summed E-state index contributed by atoms with van der Waals surface area (Å²) in [5, 5.41) is 3.99. The number of carbonyl (C=O) groups excluding carboxylic acids is 1. The van der Waals surface area contributed by atoms with Gasteiger partial charge in [0.1, 0.15) is 5.69 Å². The molecule has 0 unspecified atom stereocenters. The number of nitrogens with two attached hydrogens (primary N) is 1. The Balaban J connectivity index is 2.39. The summed E-state index contributed by atoms with van der Waals surface area (Å²) in [6.07, 6.45) is 7.91.